The van der Waals surface area contributed by atoms with Gasteiger partial charge in [0, 0.05) is 19.3 Å². The highest BCUT2D eigenvalue weighted by molar-refractivity contribution is 5.92. The fourth-order valence-electron chi connectivity index (χ4n) is 2.46. The van der Waals surface area contributed by atoms with E-state index in [9.17, 15) is 4.79 Å². The van der Waals surface area contributed by atoms with Crippen LogP contribution in [0.25, 0.3) is 0 Å². The SMILES string of the molecule is Cn1nccc1C(=O)NC1CCCCCCC1. The van der Waals surface area contributed by atoms with Crippen LogP contribution in [0.2, 0.25) is 0 Å². The largest absolute Gasteiger partial charge is 0.348 e. The smallest absolute Gasteiger partial charge is 0.269 e. The van der Waals surface area contributed by atoms with Crippen LogP contribution >= 0.6 is 0 Å². The van der Waals surface area contributed by atoms with Gasteiger partial charge in [-0.1, -0.05) is 32.1 Å². The highest BCUT2D eigenvalue weighted by Crippen LogP contribution is 2.17. The zero-order valence-corrected chi connectivity index (χ0v) is 10.5. The van der Waals surface area contributed by atoms with Crippen LogP contribution in [0.3, 0.4) is 0 Å². The van der Waals surface area contributed by atoms with Crippen LogP contribution in [-0.2, 0) is 7.05 Å². The molecule has 1 fully saturated rings. The van der Waals surface area contributed by atoms with Crippen molar-refractivity contribution in [2.75, 3.05) is 0 Å². The summed E-state index contributed by atoms with van der Waals surface area (Å²) < 4.78 is 1.62. The van der Waals surface area contributed by atoms with Crippen molar-refractivity contribution >= 4 is 5.91 Å². The minimum Gasteiger partial charge on any atom is -0.348 e. The summed E-state index contributed by atoms with van der Waals surface area (Å²) in [5.41, 5.74) is 0.645. The van der Waals surface area contributed by atoms with Crippen LogP contribution in [0.15, 0.2) is 12.3 Å². The second-order valence-corrected chi connectivity index (χ2v) is 4.86. The Balaban J connectivity index is 1.91. The lowest BCUT2D eigenvalue weighted by Crippen LogP contribution is -2.36. The third-order valence-electron chi connectivity index (χ3n) is 3.49. The Bertz CT molecular complexity index is 364. The quantitative estimate of drug-likeness (QED) is 0.854. The van der Waals surface area contributed by atoms with Crippen molar-refractivity contribution in [2.45, 2.75) is 51.0 Å². The predicted octanol–water partition coefficient (Wildman–Crippen LogP) is 2.26. The maximum Gasteiger partial charge on any atom is 0.269 e. The number of aromatic nitrogens is 2. The molecule has 1 aromatic rings. The molecule has 0 radical (unpaired) electrons. The molecule has 1 aromatic heterocycles. The summed E-state index contributed by atoms with van der Waals surface area (Å²) in [6.45, 7) is 0. The van der Waals surface area contributed by atoms with Gasteiger partial charge in [0.1, 0.15) is 5.69 Å². The van der Waals surface area contributed by atoms with Crippen molar-refractivity contribution in [3.8, 4) is 0 Å². The Morgan fingerprint density at radius 3 is 2.53 bits per heavy atom. The normalized spacial score (nSPS) is 18.4. The van der Waals surface area contributed by atoms with Gasteiger partial charge in [-0.15, -0.1) is 0 Å². The van der Waals surface area contributed by atoms with E-state index in [-0.39, 0.29) is 5.91 Å². The van der Waals surface area contributed by atoms with Gasteiger partial charge in [-0.2, -0.15) is 5.10 Å². The third-order valence-corrected chi connectivity index (χ3v) is 3.49. The van der Waals surface area contributed by atoms with E-state index in [2.05, 4.69) is 10.4 Å². The molecule has 17 heavy (non-hydrogen) atoms. The number of carbonyl (C=O) groups excluding carboxylic acids is 1. The van der Waals surface area contributed by atoms with Gasteiger partial charge < -0.3 is 5.32 Å². The van der Waals surface area contributed by atoms with E-state index in [1.165, 1.54) is 32.1 Å². The Hall–Kier alpha value is -1.32. The first-order valence-corrected chi connectivity index (χ1v) is 6.56. The first-order chi connectivity index (χ1) is 8.27. The molecule has 4 heteroatoms. The molecule has 0 unspecified atom stereocenters. The van der Waals surface area contributed by atoms with E-state index in [1.807, 2.05) is 0 Å². The molecule has 0 spiro atoms. The number of amides is 1. The number of rotatable bonds is 2. The molecule has 4 nitrogen and oxygen atoms in total. The standard InChI is InChI=1S/C13H21N3O/c1-16-12(9-10-14-16)13(17)15-11-7-5-3-2-4-6-8-11/h9-11H,2-8H2,1H3,(H,15,17). The Kier molecular flexibility index (Phi) is 4.18. The van der Waals surface area contributed by atoms with Gasteiger partial charge in [0.05, 0.1) is 0 Å². The summed E-state index contributed by atoms with van der Waals surface area (Å²) in [6.07, 6.45) is 10.3. The van der Waals surface area contributed by atoms with Gasteiger partial charge in [-0.3, -0.25) is 9.48 Å². The number of hydrogen-bond acceptors (Lipinski definition) is 2. The first-order valence-electron chi connectivity index (χ1n) is 6.56. The van der Waals surface area contributed by atoms with Crippen LogP contribution in [-0.4, -0.2) is 21.7 Å². The highest BCUT2D eigenvalue weighted by Gasteiger charge is 2.16. The lowest BCUT2D eigenvalue weighted by Gasteiger charge is -2.20. The van der Waals surface area contributed by atoms with Crippen molar-refractivity contribution in [2.24, 2.45) is 7.05 Å². The minimum absolute atomic E-state index is 0.00979. The number of nitrogens with zero attached hydrogens (tertiary/aromatic N) is 2. The Labute approximate surface area is 102 Å². The van der Waals surface area contributed by atoms with Crippen molar-refractivity contribution in [1.29, 1.82) is 0 Å². The van der Waals surface area contributed by atoms with Crippen LogP contribution < -0.4 is 5.32 Å². The Morgan fingerprint density at radius 2 is 1.94 bits per heavy atom. The molecular formula is C13H21N3O. The lowest BCUT2D eigenvalue weighted by atomic mass is 9.96. The van der Waals surface area contributed by atoms with Crippen molar-refractivity contribution in [3.63, 3.8) is 0 Å². The van der Waals surface area contributed by atoms with Crippen molar-refractivity contribution < 1.29 is 4.79 Å². The maximum atomic E-state index is 12.0. The molecule has 0 aromatic carbocycles. The minimum atomic E-state index is 0.00979. The van der Waals surface area contributed by atoms with Gasteiger partial charge in [0.15, 0.2) is 0 Å². The third kappa shape index (κ3) is 3.32. The summed E-state index contributed by atoms with van der Waals surface area (Å²) in [5, 5.41) is 7.15. The first kappa shape index (κ1) is 12.1. The van der Waals surface area contributed by atoms with Crippen molar-refractivity contribution in [1.82, 2.24) is 15.1 Å². The summed E-state index contributed by atoms with van der Waals surface area (Å²) in [5.74, 6) is 0.00979. The molecule has 1 aliphatic rings. The molecule has 1 saturated carbocycles. The van der Waals surface area contributed by atoms with Crippen LogP contribution in [0.1, 0.15) is 55.4 Å². The van der Waals surface area contributed by atoms with E-state index < -0.39 is 0 Å². The number of nitrogens with one attached hydrogen (secondary N) is 1. The summed E-state index contributed by atoms with van der Waals surface area (Å²) >= 11 is 0. The fourth-order valence-corrected chi connectivity index (χ4v) is 2.46. The van der Waals surface area contributed by atoms with E-state index in [0.29, 0.717) is 11.7 Å². The monoisotopic (exact) mass is 235 g/mol. The molecule has 0 aliphatic heterocycles. The molecule has 0 bridgehead atoms. The molecule has 1 aliphatic carbocycles. The second kappa shape index (κ2) is 5.84. The maximum absolute atomic E-state index is 12.0. The van der Waals surface area contributed by atoms with E-state index in [1.54, 1.807) is 24.0 Å². The second-order valence-electron chi connectivity index (χ2n) is 4.86. The van der Waals surface area contributed by atoms with Crippen LogP contribution in [0.4, 0.5) is 0 Å². The van der Waals surface area contributed by atoms with Gasteiger partial charge in [0.25, 0.3) is 5.91 Å². The van der Waals surface area contributed by atoms with Gasteiger partial charge in [0.2, 0.25) is 0 Å². The van der Waals surface area contributed by atoms with Gasteiger partial charge in [-0.05, 0) is 18.9 Å². The summed E-state index contributed by atoms with van der Waals surface area (Å²) in [4.78, 5) is 12.0. The number of aryl methyl sites for hydroxylation is 1. The number of hydrogen-bond donors (Lipinski definition) is 1. The van der Waals surface area contributed by atoms with Crippen LogP contribution in [0.5, 0.6) is 0 Å². The molecule has 1 amide bonds. The fraction of sp³-hybridized carbons (Fsp3) is 0.692. The molecule has 1 N–H and O–H groups in total. The lowest BCUT2D eigenvalue weighted by molar-refractivity contribution is 0.0921. The van der Waals surface area contributed by atoms with Gasteiger partial charge in [-0.25, -0.2) is 0 Å². The molecule has 94 valence electrons. The number of carbonyl (C=O) groups is 1. The average Bonchev–Trinajstić information content (AvgIpc) is 2.68. The van der Waals surface area contributed by atoms with Gasteiger partial charge >= 0.3 is 0 Å². The predicted molar refractivity (Wildman–Crippen MR) is 66.8 cm³/mol. The zero-order chi connectivity index (χ0) is 12.1. The van der Waals surface area contributed by atoms with E-state index in [4.69, 9.17) is 0 Å². The summed E-state index contributed by atoms with van der Waals surface area (Å²) in [7, 11) is 1.80. The zero-order valence-electron chi connectivity index (χ0n) is 10.5. The highest BCUT2D eigenvalue weighted by atomic mass is 16.2. The topological polar surface area (TPSA) is 46.9 Å². The molecule has 1 heterocycles. The van der Waals surface area contributed by atoms with Crippen LogP contribution in [0, 0.1) is 0 Å². The van der Waals surface area contributed by atoms with E-state index in [0.717, 1.165) is 12.8 Å². The molecule has 2 rings (SSSR count). The molecular weight excluding hydrogens is 214 g/mol. The van der Waals surface area contributed by atoms with Crippen molar-refractivity contribution in [3.05, 3.63) is 18.0 Å². The molecule has 0 saturated heterocycles. The van der Waals surface area contributed by atoms with E-state index >= 15 is 0 Å². The average molecular weight is 235 g/mol. The summed E-state index contributed by atoms with van der Waals surface area (Å²) in [6, 6.07) is 2.11. The molecule has 0 atom stereocenters. The Morgan fingerprint density at radius 1 is 1.29 bits per heavy atom.